The lowest BCUT2D eigenvalue weighted by Gasteiger charge is -2.19. The number of hydrogen-bond donors (Lipinski definition) is 3. The molecule has 0 bridgehead atoms. The van der Waals surface area contributed by atoms with Crippen molar-refractivity contribution in [3.8, 4) is 0 Å². The molecule has 0 radical (unpaired) electrons. The summed E-state index contributed by atoms with van der Waals surface area (Å²) in [6.45, 7) is 3.81. The number of benzene rings is 1. The van der Waals surface area contributed by atoms with Gasteiger partial charge in [0.2, 0.25) is 5.91 Å². The number of rotatable bonds is 5. The summed E-state index contributed by atoms with van der Waals surface area (Å²) in [6.07, 6.45) is 0.766. The number of nitrogens with two attached hydrogens (primary N) is 1. The molecule has 0 aromatic heterocycles. The van der Waals surface area contributed by atoms with E-state index in [0.717, 1.165) is 6.42 Å². The molecule has 1 aromatic rings. The number of nitrogens with one attached hydrogen (secondary N) is 1. The SMILES string of the molecule is CCC(C)[C@H](N)C(=O)Nc1c(Br)cc(Br)cc1C(=O)O. The quantitative estimate of drug-likeness (QED) is 0.698. The summed E-state index contributed by atoms with van der Waals surface area (Å²) >= 11 is 6.46. The molecule has 0 heterocycles. The van der Waals surface area contributed by atoms with Gasteiger partial charge < -0.3 is 16.2 Å². The Kier molecular flexibility index (Phi) is 6.16. The number of amides is 1. The Morgan fingerprint density at radius 2 is 2.00 bits per heavy atom. The maximum absolute atomic E-state index is 12.1. The first-order valence-electron chi connectivity index (χ1n) is 6.06. The lowest BCUT2D eigenvalue weighted by atomic mass is 9.99. The minimum Gasteiger partial charge on any atom is -0.478 e. The van der Waals surface area contributed by atoms with E-state index in [1.54, 1.807) is 6.07 Å². The van der Waals surface area contributed by atoms with Gasteiger partial charge in [-0.3, -0.25) is 4.79 Å². The summed E-state index contributed by atoms with van der Waals surface area (Å²) in [4.78, 5) is 23.3. The predicted molar refractivity (Wildman–Crippen MR) is 84.9 cm³/mol. The monoisotopic (exact) mass is 406 g/mol. The highest BCUT2D eigenvalue weighted by molar-refractivity contribution is 9.11. The van der Waals surface area contributed by atoms with Gasteiger partial charge in [-0.25, -0.2) is 4.79 Å². The van der Waals surface area contributed by atoms with Gasteiger partial charge in [0, 0.05) is 8.95 Å². The first-order chi connectivity index (χ1) is 9.27. The van der Waals surface area contributed by atoms with Gasteiger partial charge in [-0.2, -0.15) is 0 Å². The highest BCUT2D eigenvalue weighted by atomic mass is 79.9. The minimum absolute atomic E-state index is 0.00375. The molecule has 7 heteroatoms. The summed E-state index contributed by atoms with van der Waals surface area (Å²) in [5.41, 5.74) is 6.05. The van der Waals surface area contributed by atoms with E-state index in [-0.39, 0.29) is 17.2 Å². The Hall–Kier alpha value is -0.920. The highest BCUT2D eigenvalue weighted by Crippen LogP contribution is 2.31. The van der Waals surface area contributed by atoms with Gasteiger partial charge in [0.15, 0.2) is 0 Å². The van der Waals surface area contributed by atoms with Crippen molar-refractivity contribution in [2.75, 3.05) is 5.32 Å². The largest absolute Gasteiger partial charge is 0.478 e. The highest BCUT2D eigenvalue weighted by Gasteiger charge is 2.23. The molecule has 2 atom stereocenters. The van der Waals surface area contributed by atoms with Gasteiger partial charge >= 0.3 is 5.97 Å². The van der Waals surface area contributed by atoms with Crippen molar-refractivity contribution in [2.24, 2.45) is 11.7 Å². The first-order valence-corrected chi connectivity index (χ1v) is 7.65. The van der Waals surface area contributed by atoms with Crippen LogP contribution < -0.4 is 11.1 Å². The Morgan fingerprint density at radius 1 is 1.40 bits per heavy atom. The van der Waals surface area contributed by atoms with Crippen molar-refractivity contribution in [3.63, 3.8) is 0 Å². The van der Waals surface area contributed by atoms with Crippen molar-refractivity contribution < 1.29 is 14.7 Å². The lowest BCUT2D eigenvalue weighted by Crippen LogP contribution is -2.41. The van der Waals surface area contributed by atoms with Crippen LogP contribution in [0.5, 0.6) is 0 Å². The molecule has 5 nitrogen and oxygen atoms in total. The van der Waals surface area contributed by atoms with Crippen LogP contribution in [0.4, 0.5) is 5.69 Å². The van der Waals surface area contributed by atoms with E-state index in [1.165, 1.54) is 6.07 Å². The second kappa shape index (κ2) is 7.19. The summed E-state index contributed by atoms with van der Waals surface area (Å²) in [5, 5.41) is 11.8. The van der Waals surface area contributed by atoms with Gasteiger partial charge in [0.1, 0.15) is 0 Å². The summed E-state index contributed by atoms with van der Waals surface area (Å²) in [5.74, 6) is -1.51. The fourth-order valence-corrected chi connectivity index (χ4v) is 2.91. The van der Waals surface area contributed by atoms with Crippen LogP contribution in [-0.4, -0.2) is 23.0 Å². The van der Waals surface area contributed by atoms with Crippen LogP contribution in [0.15, 0.2) is 21.1 Å². The molecule has 20 heavy (non-hydrogen) atoms. The van der Waals surface area contributed by atoms with Crippen LogP contribution in [0.1, 0.15) is 30.6 Å². The zero-order chi connectivity index (χ0) is 15.4. The molecule has 0 saturated carbocycles. The van der Waals surface area contributed by atoms with E-state index >= 15 is 0 Å². The third kappa shape index (κ3) is 4.04. The summed E-state index contributed by atoms with van der Waals surface area (Å²) in [6, 6.07) is 2.41. The third-order valence-corrected chi connectivity index (χ3v) is 4.18. The number of carbonyl (C=O) groups is 2. The van der Waals surface area contributed by atoms with E-state index < -0.39 is 17.9 Å². The summed E-state index contributed by atoms with van der Waals surface area (Å²) < 4.78 is 1.08. The molecule has 0 fully saturated rings. The van der Waals surface area contributed by atoms with E-state index in [9.17, 15) is 14.7 Å². The number of hydrogen-bond acceptors (Lipinski definition) is 3. The Labute approximate surface area is 134 Å². The molecule has 1 unspecified atom stereocenters. The van der Waals surface area contributed by atoms with E-state index in [0.29, 0.717) is 8.95 Å². The van der Waals surface area contributed by atoms with Crippen LogP contribution in [0, 0.1) is 5.92 Å². The van der Waals surface area contributed by atoms with Gasteiger partial charge in [-0.15, -0.1) is 0 Å². The molecule has 0 aliphatic carbocycles. The maximum Gasteiger partial charge on any atom is 0.337 e. The Balaban J connectivity index is 3.09. The number of carboxylic acid groups (broad SMARTS) is 1. The molecule has 0 spiro atoms. The molecule has 0 aliphatic heterocycles. The first kappa shape index (κ1) is 17.1. The second-order valence-corrected chi connectivity index (χ2v) is 6.29. The molecular formula is C13H16Br2N2O3. The average molecular weight is 408 g/mol. The molecular weight excluding hydrogens is 392 g/mol. The lowest BCUT2D eigenvalue weighted by molar-refractivity contribution is -0.118. The molecule has 1 amide bonds. The van der Waals surface area contributed by atoms with Crippen LogP contribution in [0.3, 0.4) is 0 Å². The van der Waals surface area contributed by atoms with Crippen molar-refractivity contribution >= 4 is 49.4 Å². The molecule has 110 valence electrons. The molecule has 0 aliphatic rings. The van der Waals surface area contributed by atoms with Crippen LogP contribution in [0.25, 0.3) is 0 Å². The number of carboxylic acids is 1. The average Bonchev–Trinajstić information content (AvgIpc) is 2.39. The van der Waals surface area contributed by atoms with Crippen molar-refractivity contribution in [1.29, 1.82) is 0 Å². The third-order valence-electron chi connectivity index (χ3n) is 3.09. The number of anilines is 1. The smallest absolute Gasteiger partial charge is 0.337 e. The normalized spacial score (nSPS) is 13.7. The van der Waals surface area contributed by atoms with Crippen molar-refractivity contribution in [3.05, 3.63) is 26.6 Å². The fourth-order valence-electron chi connectivity index (χ4n) is 1.59. The Morgan fingerprint density at radius 3 is 2.50 bits per heavy atom. The van der Waals surface area contributed by atoms with Gasteiger partial charge in [0.25, 0.3) is 0 Å². The van der Waals surface area contributed by atoms with E-state index in [2.05, 4.69) is 37.2 Å². The number of aromatic carboxylic acids is 1. The van der Waals surface area contributed by atoms with E-state index in [4.69, 9.17) is 5.73 Å². The van der Waals surface area contributed by atoms with Crippen LogP contribution >= 0.6 is 31.9 Å². The molecule has 1 rings (SSSR count). The Bertz CT molecular complexity index is 535. The fraction of sp³-hybridized carbons (Fsp3) is 0.385. The topological polar surface area (TPSA) is 92.4 Å². The van der Waals surface area contributed by atoms with Crippen molar-refractivity contribution in [2.45, 2.75) is 26.3 Å². The zero-order valence-corrected chi connectivity index (χ0v) is 14.3. The van der Waals surface area contributed by atoms with Gasteiger partial charge in [-0.05, 0) is 34.0 Å². The van der Waals surface area contributed by atoms with E-state index in [1.807, 2.05) is 13.8 Å². The maximum atomic E-state index is 12.1. The van der Waals surface area contributed by atoms with Crippen molar-refractivity contribution in [1.82, 2.24) is 0 Å². The molecule has 1 aromatic carbocycles. The summed E-state index contributed by atoms with van der Waals surface area (Å²) in [7, 11) is 0. The predicted octanol–water partition coefficient (Wildman–Crippen LogP) is 3.22. The minimum atomic E-state index is -1.13. The standard InChI is InChI=1S/C13H16Br2N2O3/c1-3-6(2)10(16)12(18)17-11-8(13(19)20)4-7(14)5-9(11)15/h4-6,10H,3,16H2,1-2H3,(H,17,18)(H,19,20)/t6?,10-/m0/s1. The number of halogens is 2. The number of carbonyl (C=O) groups excluding carboxylic acids is 1. The molecule has 4 N–H and O–H groups in total. The van der Waals surface area contributed by atoms with Gasteiger partial charge in [0.05, 0.1) is 17.3 Å². The second-order valence-electron chi connectivity index (χ2n) is 4.52. The van der Waals surface area contributed by atoms with Crippen LogP contribution in [-0.2, 0) is 4.79 Å². The molecule has 0 saturated heterocycles. The van der Waals surface area contributed by atoms with Crippen LogP contribution in [0.2, 0.25) is 0 Å². The zero-order valence-electron chi connectivity index (χ0n) is 11.1. The van der Waals surface area contributed by atoms with Gasteiger partial charge in [-0.1, -0.05) is 36.2 Å².